The molecule has 2 aromatic heterocycles. The molecule has 0 fully saturated rings. The van der Waals surface area contributed by atoms with Crippen LogP contribution in [0.25, 0.3) is 5.65 Å². The highest BCUT2D eigenvalue weighted by molar-refractivity contribution is 6.57. The van der Waals surface area contributed by atoms with Crippen molar-refractivity contribution in [3.8, 4) is 0 Å². The van der Waals surface area contributed by atoms with Crippen LogP contribution in [-0.2, 0) is 0 Å². The molecule has 2 rings (SSSR count). The summed E-state index contributed by atoms with van der Waals surface area (Å²) in [6.07, 6.45) is 3.30. The van der Waals surface area contributed by atoms with Gasteiger partial charge in [-0.05, 0) is 6.07 Å². The Morgan fingerprint density at radius 2 is 2.25 bits per heavy atom. The third-order valence-electron chi connectivity index (χ3n) is 1.52. The van der Waals surface area contributed by atoms with Gasteiger partial charge in [0, 0.05) is 18.5 Å². The number of hydrogen-bond acceptors (Lipinski definition) is 4. The zero-order valence-corrected chi connectivity index (χ0v) is 6.12. The molecule has 0 spiro atoms. The van der Waals surface area contributed by atoms with E-state index in [0.717, 1.165) is 0 Å². The zero-order chi connectivity index (χ0) is 8.55. The van der Waals surface area contributed by atoms with Crippen LogP contribution in [-0.4, -0.2) is 31.8 Å². The standard InChI is InChI=1S/C6H6BN3O2/c11-7(12)5-4-6-8-2-1-3-10(6)9-5/h1-4,11-12H. The summed E-state index contributed by atoms with van der Waals surface area (Å²) in [5.74, 6) is 0. The van der Waals surface area contributed by atoms with Crippen LogP contribution in [0.4, 0.5) is 0 Å². The lowest BCUT2D eigenvalue weighted by Gasteiger charge is -1.88. The first kappa shape index (κ1) is 7.26. The van der Waals surface area contributed by atoms with Gasteiger partial charge in [0.25, 0.3) is 0 Å². The Balaban J connectivity index is 2.62. The van der Waals surface area contributed by atoms with Crippen molar-refractivity contribution < 1.29 is 10.0 Å². The van der Waals surface area contributed by atoms with Crippen molar-refractivity contribution in [2.24, 2.45) is 0 Å². The normalized spacial score (nSPS) is 10.5. The average Bonchev–Trinajstić information content (AvgIpc) is 2.46. The van der Waals surface area contributed by atoms with Gasteiger partial charge in [-0.15, -0.1) is 0 Å². The van der Waals surface area contributed by atoms with Crippen molar-refractivity contribution in [3.05, 3.63) is 24.5 Å². The topological polar surface area (TPSA) is 70.7 Å². The van der Waals surface area contributed by atoms with Gasteiger partial charge in [0.2, 0.25) is 0 Å². The summed E-state index contributed by atoms with van der Waals surface area (Å²) < 4.78 is 1.48. The number of fused-ring (bicyclic) bond motifs is 1. The van der Waals surface area contributed by atoms with E-state index in [9.17, 15) is 0 Å². The lowest BCUT2D eigenvalue weighted by Crippen LogP contribution is -2.31. The second kappa shape index (κ2) is 2.58. The third kappa shape index (κ3) is 1.07. The monoisotopic (exact) mass is 163 g/mol. The Bertz CT molecular complexity index is 367. The van der Waals surface area contributed by atoms with Crippen LogP contribution in [0, 0.1) is 0 Å². The molecular formula is C6H6BN3O2. The fraction of sp³-hybridized carbons (Fsp3) is 0. The summed E-state index contributed by atoms with van der Waals surface area (Å²) in [7, 11) is -1.54. The molecule has 2 heterocycles. The van der Waals surface area contributed by atoms with Gasteiger partial charge in [0.15, 0.2) is 5.65 Å². The predicted octanol–water partition coefficient (Wildman–Crippen LogP) is -1.59. The highest BCUT2D eigenvalue weighted by atomic mass is 16.4. The Hall–Kier alpha value is -1.40. The van der Waals surface area contributed by atoms with Crippen LogP contribution in [0.1, 0.15) is 0 Å². The summed E-state index contributed by atoms with van der Waals surface area (Å²) in [4.78, 5) is 3.96. The van der Waals surface area contributed by atoms with Crippen LogP contribution in [0.3, 0.4) is 0 Å². The lowest BCUT2D eigenvalue weighted by atomic mass is 9.87. The molecule has 0 aliphatic rings. The zero-order valence-electron chi connectivity index (χ0n) is 6.12. The molecule has 0 radical (unpaired) electrons. The molecular weight excluding hydrogens is 157 g/mol. The van der Waals surface area contributed by atoms with Gasteiger partial charge in [-0.2, -0.15) is 5.10 Å². The first-order valence-corrected chi connectivity index (χ1v) is 3.44. The van der Waals surface area contributed by atoms with Crippen molar-refractivity contribution >= 4 is 18.4 Å². The minimum Gasteiger partial charge on any atom is -0.422 e. The molecule has 0 aromatic carbocycles. The van der Waals surface area contributed by atoms with Crippen LogP contribution in [0.15, 0.2) is 24.5 Å². The highest BCUT2D eigenvalue weighted by Gasteiger charge is 2.15. The molecule has 0 bridgehead atoms. The fourth-order valence-electron chi connectivity index (χ4n) is 0.975. The van der Waals surface area contributed by atoms with Gasteiger partial charge in [-0.1, -0.05) is 0 Å². The first-order chi connectivity index (χ1) is 5.77. The van der Waals surface area contributed by atoms with Crippen molar-refractivity contribution in [2.45, 2.75) is 0 Å². The minimum atomic E-state index is -1.54. The molecule has 0 amide bonds. The smallest absolute Gasteiger partial charge is 0.422 e. The van der Waals surface area contributed by atoms with Crippen molar-refractivity contribution in [2.75, 3.05) is 0 Å². The quantitative estimate of drug-likeness (QED) is 0.497. The molecule has 0 saturated carbocycles. The summed E-state index contributed by atoms with van der Waals surface area (Å²) in [5.41, 5.74) is 0.800. The van der Waals surface area contributed by atoms with Gasteiger partial charge >= 0.3 is 7.12 Å². The SMILES string of the molecule is OB(O)c1cc2ncccn2n1. The number of aromatic nitrogens is 3. The van der Waals surface area contributed by atoms with Gasteiger partial charge in [-0.25, -0.2) is 9.50 Å². The molecule has 60 valence electrons. The average molecular weight is 163 g/mol. The summed E-state index contributed by atoms with van der Waals surface area (Å²) in [6.45, 7) is 0. The molecule has 6 heteroatoms. The van der Waals surface area contributed by atoms with E-state index in [2.05, 4.69) is 10.1 Å². The number of hydrogen-bond donors (Lipinski definition) is 2. The Morgan fingerprint density at radius 1 is 1.42 bits per heavy atom. The molecule has 0 saturated heterocycles. The molecule has 5 nitrogen and oxygen atoms in total. The van der Waals surface area contributed by atoms with E-state index < -0.39 is 7.12 Å². The van der Waals surface area contributed by atoms with Gasteiger partial charge in [-0.3, -0.25) is 0 Å². The van der Waals surface area contributed by atoms with Crippen molar-refractivity contribution in [1.29, 1.82) is 0 Å². The maximum Gasteiger partial charge on any atom is 0.510 e. The van der Waals surface area contributed by atoms with Crippen LogP contribution >= 0.6 is 0 Å². The first-order valence-electron chi connectivity index (χ1n) is 3.44. The summed E-state index contributed by atoms with van der Waals surface area (Å²) in [5, 5.41) is 21.4. The van der Waals surface area contributed by atoms with E-state index in [1.165, 1.54) is 10.6 Å². The molecule has 0 unspecified atom stereocenters. The molecule has 2 N–H and O–H groups in total. The van der Waals surface area contributed by atoms with E-state index in [1.807, 2.05) is 0 Å². The van der Waals surface area contributed by atoms with Gasteiger partial charge in [0.05, 0.1) is 5.59 Å². The Labute approximate surface area is 68.4 Å². The second-order valence-corrected chi connectivity index (χ2v) is 2.37. The van der Waals surface area contributed by atoms with Crippen LogP contribution < -0.4 is 5.59 Å². The van der Waals surface area contributed by atoms with Crippen molar-refractivity contribution in [1.82, 2.24) is 14.6 Å². The maximum absolute atomic E-state index is 8.78. The molecule has 0 atom stereocenters. The Kier molecular flexibility index (Phi) is 1.56. The van der Waals surface area contributed by atoms with Crippen LogP contribution in [0.2, 0.25) is 0 Å². The largest absolute Gasteiger partial charge is 0.510 e. The fourth-order valence-corrected chi connectivity index (χ4v) is 0.975. The Morgan fingerprint density at radius 3 is 2.92 bits per heavy atom. The lowest BCUT2D eigenvalue weighted by molar-refractivity contribution is 0.424. The van der Waals surface area contributed by atoms with Crippen LogP contribution in [0.5, 0.6) is 0 Å². The van der Waals surface area contributed by atoms with Gasteiger partial charge < -0.3 is 10.0 Å². The van der Waals surface area contributed by atoms with E-state index in [0.29, 0.717) is 5.65 Å². The number of rotatable bonds is 1. The van der Waals surface area contributed by atoms with E-state index in [1.54, 1.807) is 18.5 Å². The number of nitrogens with zero attached hydrogens (tertiary/aromatic N) is 3. The molecule has 0 aliphatic heterocycles. The molecule has 12 heavy (non-hydrogen) atoms. The summed E-state index contributed by atoms with van der Waals surface area (Å²) >= 11 is 0. The maximum atomic E-state index is 8.78. The highest BCUT2D eigenvalue weighted by Crippen LogP contribution is 1.93. The minimum absolute atomic E-state index is 0.203. The van der Waals surface area contributed by atoms with E-state index in [-0.39, 0.29) is 5.59 Å². The third-order valence-corrected chi connectivity index (χ3v) is 1.52. The van der Waals surface area contributed by atoms with E-state index in [4.69, 9.17) is 10.0 Å². The molecule has 2 aromatic rings. The summed E-state index contributed by atoms with van der Waals surface area (Å²) in [6, 6.07) is 3.23. The second-order valence-electron chi connectivity index (χ2n) is 2.37. The molecule has 0 aliphatic carbocycles. The van der Waals surface area contributed by atoms with Gasteiger partial charge in [0.1, 0.15) is 0 Å². The predicted molar refractivity (Wildman–Crippen MR) is 42.8 cm³/mol. The van der Waals surface area contributed by atoms with E-state index >= 15 is 0 Å². The van der Waals surface area contributed by atoms with Crippen molar-refractivity contribution in [3.63, 3.8) is 0 Å².